The van der Waals surface area contributed by atoms with Crippen molar-refractivity contribution in [2.45, 2.75) is 47.6 Å². The number of aromatic nitrogens is 2. The van der Waals surface area contributed by atoms with Crippen molar-refractivity contribution >= 4 is 33.3 Å². The average Bonchev–Trinajstić information content (AvgIpc) is 2.81. The van der Waals surface area contributed by atoms with E-state index in [1.165, 1.54) is 22.8 Å². The summed E-state index contributed by atoms with van der Waals surface area (Å²) in [4.78, 5) is 41.6. The molecule has 24 heavy (non-hydrogen) atoms. The van der Waals surface area contributed by atoms with Crippen molar-refractivity contribution in [2.24, 2.45) is 5.92 Å². The van der Waals surface area contributed by atoms with Crippen molar-refractivity contribution in [3.8, 4) is 0 Å². The van der Waals surface area contributed by atoms with Gasteiger partial charge in [-0.25, -0.2) is 9.78 Å². The summed E-state index contributed by atoms with van der Waals surface area (Å²) < 4.78 is 6.76. The van der Waals surface area contributed by atoms with E-state index in [4.69, 9.17) is 4.74 Å². The molecule has 2 heterocycles. The first-order valence-corrected chi connectivity index (χ1v) is 8.71. The molecule has 0 aliphatic rings. The molecule has 2 aromatic heterocycles. The molecule has 0 saturated carbocycles. The summed E-state index contributed by atoms with van der Waals surface area (Å²) in [5, 5.41) is 0.436. The monoisotopic (exact) mass is 350 g/mol. The third-order valence-electron chi connectivity index (χ3n) is 3.66. The van der Waals surface area contributed by atoms with Gasteiger partial charge >= 0.3 is 5.97 Å². The number of aryl methyl sites for hydroxylation is 2. The number of hydrogen-bond donors (Lipinski definition) is 0. The van der Waals surface area contributed by atoms with Crippen LogP contribution in [0.3, 0.4) is 0 Å². The van der Waals surface area contributed by atoms with Crippen LogP contribution in [-0.2, 0) is 16.1 Å². The normalized spacial score (nSPS) is 11.2. The average molecular weight is 350 g/mol. The number of carbonyl (C=O) groups excluding carboxylic acids is 2. The van der Waals surface area contributed by atoms with Crippen LogP contribution in [0, 0.1) is 19.8 Å². The van der Waals surface area contributed by atoms with Gasteiger partial charge in [0.25, 0.3) is 5.56 Å². The lowest BCUT2D eigenvalue weighted by Crippen LogP contribution is -2.24. The Balaban J connectivity index is 2.47. The molecule has 0 radical (unpaired) electrons. The van der Waals surface area contributed by atoms with E-state index in [-0.39, 0.29) is 23.7 Å². The molecule has 2 aromatic rings. The van der Waals surface area contributed by atoms with Gasteiger partial charge in [-0.1, -0.05) is 13.8 Å². The molecule has 7 heteroatoms. The van der Waals surface area contributed by atoms with E-state index in [0.717, 1.165) is 0 Å². The molecule has 6 nitrogen and oxygen atoms in total. The van der Waals surface area contributed by atoms with Crippen molar-refractivity contribution in [3.63, 3.8) is 0 Å². The lowest BCUT2D eigenvalue weighted by molar-refractivity contribution is -0.117. The van der Waals surface area contributed by atoms with Gasteiger partial charge < -0.3 is 4.74 Å². The van der Waals surface area contributed by atoms with E-state index in [2.05, 4.69) is 4.98 Å². The first-order chi connectivity index (χ1) is 11.2. The smallest absolute Gasteiger partial charge is 0.348 e. The van der Waals surface area contributed by atoms with Crippen molar-refractivity contribution in [1.29, 1.82) is 0 Å². The number of Topliss-reactive ketones (excluding diaryl/α,β-unsaturated/α-hetero) is 1. The highest BCUT2D eigenvalue weighted by Crippen LogP contribution is 2.28. The highest BCUT2D eigenvalue weighted by molar-refractivity contribution is 7.20. The molecule has 0 spiro atoms. The Bertz CT molecular complexity index is 848. The molecule has 0 amide bonds. The number of nitrogens with zero attached hydrogens (tertiary/aromatic N) is 2. The van der Waals surface area contributed by atoms with Crippen LogP contribution in [0.1, 0.15) is 48.3 Å². The Morgan fingerprint density at radius 1 is 1.29 bits per heavy atom. The quantitative estimate of drug-likeness (QED) is 0.749. The minimum absolute atomic E-state index is 0.0152. The zero-order valence-corrected chi connectivity index (χ0v) is 15.5. The minimum atomic E-state index is -0.420. The summed E-state index contributed by atoms with van der Waals surface area (Å²) in [7, 11) is 0. The van der Waals surface area contributed by atoms with Crippen molar-refractivity contribution < 1.29 is 14.3 Å². The van der Waals surface area contributed by atoms with Crippen LogP contribution < -0.4 is 5.56 Å². The summed E-state index contributed by atoms with van der Waals surface area (Å²) in [5.74, 6) is 0.378. The van der Waals surface area contributed by atoms with Crippen LogP contribution in [0.4, 0.5) is 0 Å². The van der Waals surface area contributed by atoms with Gasteiger partial charge in [0, 0.05) is 13.0 Å². The van der Waals surface area contributed by atoms with E-state index in [1.54, 1.807) is 13.8 Å². The van der Waals surface area contributed by atoms with Gasteiger partial charge in [-0.05, 0) is 32.3 Å². The number of thiophene rings is 1. The molecular formula is C17H22N2O4S. The molecule has 130 valence electrons. The largest absolute Gasteiger partial charge is 0.461 e. The van der Waals surface area contributed by atoms with E-state index in [0.29, 0.717) is 39.6 Å². The van der Waals surface area contributed by atoms with E-state index in [1.807, 2.05) is 13.8 Å². The van der Waals surface area contributed by atoms with E-state index >= 15 is 0 Å². The molecule has 0 aliphatic heterocycles. The molecular weight excluding hydrogens is 328 g/mol. The van der Waals surface area contributed by atoms with E-state index < -0.39 is 5.97 Å². The number of fused-ring (bicyclic) bond motifs is 1. The van der Waals surface area contributed by atoms with Crippen LogP contribution in [0.2, 0.25) is 0 Å². The van der Waals surface area contributed by atoms with Gasteiger partial charge in [-0.3, -0.25) is 14.2 Å². The maximum absolute atomic E-state index is 12.8. The maximum Gasteiger partial charge on any atom is 0.348 e. The Morgan fingerprint density at radius 3 is 2.54 bits per heavy atom. The zero-order chi connectivity index (χ0) is 18.0. The van der Waals surface area contributed by atoms with Gasteiger partial charge in [0.1, 0.15) is 21.3 Å². The third kappa shape index (κ3) is 3.72. The molecule has 0 unspecified atom stereocenters. The second-order valence-corrected chi connectivity index (χ2v) is 7.30. The van der Waals surface area contributed by atoms with Crippen LogP contribution in [0.5, 0.6) is 0 Å². The molecule has 0 aliphatic carbocycles. The van der Waals surface area contributed by atoms with Crippen molar-refractivity contribution in [3.05, 3.63) is 26.6 Å². The van der Waals surface area contributed by atoms with Gasteiger partial charge in [-0.2, -0.15) is 0 Å². The van der Waals surface area contributed by atoms with Gasteiger partial charge in [0.05, 0.1) is 12.0 Å². The fourth-order valence-electron chi connectivity index (χ4n) is 2.35. The molecule has 2 rings (SSSR count). The fourth-order valence-corrected chi connectivity index (χ4v) is 3.46. The Hall–Kier alpha value is -2.02. The van der Waals surface area contributed by atoms with Gasteiger partial charge in [0.2, 0.25) is 0 Å². The molecule has 0 N–H and O–H groups in total. The van der Waals surface area contributed by atoms with Gasteiger partial charge in [0.15, 0.2) is 0 Å². The lowest BCUT2D eigenvalue weighted by atomic mass is 10.2. The topological polar surface area (TPSA) is 78.3 Å². The van der Waals surface area contributed by atoms with Crippen LogP contribution in [0.15, 0.2) is 4.79 Å². The van der Waals surface area contributed by atoms with Crippen molar-refractivity contribution in [2.75, 3.05) is 6.61 Å². The Morgan fingerprint density at radius 2 is 1.96 bits per heavy atom. The predicted octanol–water partition coefficient (Wildman–Crippen LogP) is 2.87. The number of carbonyl (C=O) groups is 2. The maximum atomic E-state index is 12.8. The van der Waals surface area contributed by atoms with Crippen LogP contribution in [0.25, 0.3) is 10.2 Å². The summed E-state index contributed by atoms with van der Waals surface area (Å²) in [6.07, 6.45) is 0.278. The summed E-state index contributed by atoms with van der Waals surface area (Å²) in [6, 6.07) is 0. The first-order valence-electron chi connectivity index (χ1n) is 7.89. The second-order valence-electron chi connectivity index (χ2n) is 6.30. The van der Waals surface area contributed by atoms with Crippen molar-refractivity contribution in [1.82, 2.24) is 9.55 Å². The summed E-state index contributed by atoms with van der Waals surface area (Å²) in [5.41, 5.74) is 0.383. The van der Waals surface area contributed by atoms with Gasteiger partial charge in [-0.15, -0.1) is 11.3 Å². The second kappa shape index (κ2) is 7.25. The summed E-state index contributed by atoms with van der Waals surface area (Å²) in [6.45, 7) is 9.51. The molecule has 0 aromatic carbocycles. The van der Waals surface area contributed by atoms with E-state index in [9.17, 15) is 14.4 Å². The Labute approximate surface area is 144 Å². The van der Waals surface area contributed by atoms with Crippen LogP contribution >= 0.6 is 11.3 Å². The predicted molar refractivity (Wildman–Crippen MR) is 93.8 cm³/mol. The minimum Gasteiger partial charge on any atom is -0.461 e. The lowest BCUT2D eigenvalue weighted by Gasteiger charge is -2.08. The molecule has 0 bridgehead atoms. The Kier molecular flexibility index (Phi) is 5.54. The summed E-state index contributed by atoms with van der Waals surface area (Å²) >= 11 is 1.18. The standard InChI is InChI=1S/C17H22N2O4S/c1-9(2)8-23-17(22)14-11(4)13-15(24-14)18-12(5)19(16(13)21)7-6-10(3)20/h9H,6-8H2,1-5H3. The molecule has 0 saturated heterocycles. The molecule has 0 fully saturated rings. The first kappa shape index (κ1) is 18.3. The third-order valence-corrected chi connectivity index (χ3v) is 4.83. The SMILES string of the molecule is CC(=O)CCn1c(C)nc2sc(C(=O)OCC(C)C)c(C)c2c1=O. The zero-order valence-electron chi connectivity index (χ0n) is 14.6. The number of esters is 1. The highest BCUT2D eigenvalue weighted by Gasteiger charge is 2.21. The number of rotatable bonds is 6. The number of hydrogen-bond acceptors (Lipinski definition) is 6. The molecule has 0 atom stereocenters. The number of ether oxygens (including phenoxy) is 1. The number of ketones is 1. The highest BCUT2D eigenvalue weighted by atomic mass is 32.1. The fraction of sp³-hybridized carbons (Fsp3) is 0.529. The van der Waals surface area contributed by atoms with Crippen LogP contribution in [-0.4, -0.2) is 27.9 Å².